The van der Waals surface area contributed by atoms with Gasteiger partial charge in [-0.1, -0.05) is 17.3 Å². The van der Waals surface area contributed by atoms with Crippen molar-refractivity contribution in [1.82, 2.24) is 15.5 Å². The molecule has 0 aliphatic heterocycles. The van der Waals surface area contributed by atoms with Crippen molar-refractivity contribution in [3.63, 3.8) is 0 Å². The van der Waals surface area contributed by atoms with Crippen LogP contribution in [0.15, 0.2) is 23.4 Å². The predicted octanol–water partition coefficient (Wildman–Crippen LogP) is 2.23. The highest BCUT2D eigenvalue weighted by Gasteiger charge is 2.17. The molecule has 0 fully saturated rings. The van der Waals surface area contributed by atoms with E-state index in [9.17, 15) is 24.1 Å². The fourth-order valence-corrected chi connectivity index (χ4v) is 3.25. The number of aldehydes is 1. The molecule has 1 aromatic rings. The van der Waals surface area contributed by atoms with Crippen LogP contribution in [-0.4, -0.2) is 62.1 Å². The second-order valence-electron chi connectivity index (χ2n) is 7.94. The lowest BCUT2D eigenvalue weighted by atomic mass is 10.0. The molecule has 182 valence electrons. The Labute approximate surface area is 194 Å². The van der Waals surface area contributed by atoms with Crippen LogP contribution in [-0.2, 0) is 20.9 Å². The molecule has 0 aliphatic rings. The molecule has 0 radical (unpaired) electrons. The normalized spacial score (nSPS) is 11.6. The molecule has 33 heavy (non-hydrogen) atoms. The summed E-state index contributed by atoms with van der Waals surface area (Å²) in [6, 6.07) is 5.23. The number of hydrogen-bond donors (Lipinski definition) is 3. The third kappa shape index (κ3) is 11.4. The molecular weight excluding hydrogens is 426 g/mol. The molecule has 1 aromatic carbocycles. The van der Waals surface area contributed by atoms with Gasteiger partial charge in [-0.25, -0.2) is 0 Å². The highest BCUT2D eigenvalue weighted by molar-refractivity contribution is 5.93. The summed E-state index contributed by atoms with van der Waals surface area (Å²) in [5, 5.41) is 11.1. The maximum atomic E-state index is 12.4. The van der Waals surface area contributed by atoms with E-state index in [0.717, 1.165) is 31.4 Å². The van der Waals surface area contributed by atoms with Gasteiger partial charge in [-0.05, 0) is 58.8 Å². The van der Waals surface area contributed by atoms with Crippen molar-refractivity contribution in [1.29, 1.82) is 0 Å². The zero-order valence-corrected chi connectivity index (χ0v) is 19.5. The Bertz CT molecular complexity index is 787. The van der Waals surface area contributed by atoms with Crippen molar-refractivity contribution in [3.8, 4) is 0 Å². The van der Waals surface area contributed by atoms with Crippen LogP contribution in [0.25, 0.3) is 0 Å². The van der Waals surface area contributed by atoms with Gasteiger partial charge in [-0.15, -0.1) is 0 Å². The van der Waals surface area contributed by atoms with Gasteiger partial charge in [-0.3, -0.25) is 29.4 Å². The minimum absolute atomic E-state index is 0.0143. The van der Waals surface area contributed by atoms with Gasteiger partial charge in [-0.2, -0.15) is 4.91 Å². The SMILES string of the molecule is CC(CCC(=O)NC=O)N(C)Cc1c(C=O)cccc1NC(=O)CCCCNCCCN=O. The van der Waals surface area contributed by atoms with Gasteiger partial charge in [0.2, 0.25) is 18.2 Å². The quantitative estimate of drug-likeness (QED) is 0.173. The predicted molar refractivity (Wildman–Crippen MR) is 127 cm³/mol. The van der Waals surface area contributed by atoms with E-state index in [1.165, 1.54) is 0 Å². The van der Waals surface area contributed by atoms with Crippen LogP contribution >= 0.6 is 0 Å². The van der Waals surface area contributed by atoms with E-state index in [1.54, 1.807) is 18.2 Å². The number of rotatable bonds is 18. The van der Waals surface area contributed by atoms with Crippen LogP contribution in [0.2, 0.25) is 0 Å². The fraction of sp³-hybridized carbons (Fsp3) is 0.565. The van der Waals surface area contributed by atoms with E-state index in [0.29, 0.717) is 56.4 Å². The van der Waals surface area contributed by atoms with Crippen LogP contribution < -0.4 is 16.0 Å². The summed E-state index contributed by atoms with van der Waals surface area (Å²) in [4.78, 5) is 57.9. The van der Waals surface area contributed by atoms with Gasteiger partial charge in [0.1, 0.15) is 6.29 Å². The van der Waals surface area contributed by atoms with Crippen molar-refractivity contribution < 1.29 is 19.2 Å². The first-order chi connectivity index (χ1) is 15.9. The van der Waals surface area contributed by atoms with Crippen molar-refractivity contribution in [2.75, 3.05) is 32.0 Å². The lowest BCUT2D eigenvalue weighted by molar-refractivity contribution is -0.125. The maximum absolute atomic E-state index is 12.4. The summed E-state index contributed by atoms with van der Waals surface area (Å²) in [6.45, 7) is 4.18. The minimum Gasteiger partial charge on any atom is -0.326 e. The Hall–Kier alpha value is -2.98. The van der Waals surface area contributed by atoms with E-state index in [2.05, 4.69) is 21.1 Å². The first-order valence-corrected chi connectivity index (χ1v) is 11.2. The first-order valence-electron chi connectivity index (χ1n) is 11.2. The van der Waals surface area contributed by atoms with E-state index >= 15 is 0 Å². The molecular formula is C23H35N5O5. The summed E-state index contributed by atoms with van der Waals surface area (Å²) in [5.41, 5.74) is 1.82. The van der Waals surface area contributed by atoms with Crippen LogP contribution in [0.3, 0.4) is 0 Å². The van der Waals surface area contributed by atoms with Gasteiger partial charge in [0.15, 0.2) is 0 Å². The van der Waals surface area contributed by atoms with Gasteiger partial charge in [0.25, 0.3) is 0 Å². The number of carbonyl (C=O) groups excluding carboxylic acids is 4. The highest BCUT2D eigenvalue weighted by Crippen LogP contribution is 2.22. The molecule has 1 atom stereocenters. The Kier molecular flexibility index (Phi) is 14.1. The summed E-state index contributed by atoms with van der Waals surface area (Å²) in [6.07, 6.45) is 4.52. The third-order valence-electron chi connectivity index (χ3n) is 5.39. The second-order valence-corrected chi connectivity index (χ2v) is 7.94. The van der Waals surface area contributed by atoms with Gasteiger partial charge < -0.3 is 10.6 Å². The van der Waals surface area contributed by atoms with E-state index in [-0.39, 0.29) is 24.3 Å². The number of amides is 3. The number of imide groups is 1. The summed E-state index contributed by atoms with van der Waals surface area (Å²) in [7, 11) is 1.88. The maximum Gasteiger partial charge on any atom is 0.226 e. The molecule has 0 aromatic heterocycles. The van der Waals surface area contributed by atoms with Crippen molar-refractivity contribution >= 4 is 30.2 Å². The van der Waals surface area contributed by atoms with Crippen LogP contribution in [0.4, 0.5) is 5.69 Å². The Morgan fingerprint density at radius 1 is 1.09 bits per heavy atom. The number of carbonyl (C=O) groups is 4. The standard InChI is InChI=1S/C23H35N5O5/c1-18(10-11-22(31)25-17-30)28(2)15-20-19(16-29)7-5-8-21(20)27-23(32)9-3-4-12-24-13-6-14-26-33/h5,7-8,16-18,24H,3-4,6,9-15H2,1-2H3,(H,27,32)(H,25,30,31). The number of nitroso groups, excluding NO2 is 1. The number of nitrogens with zero attached hydrogens (tertiary/aromatic N) is 2. The molecule has 0 saturated carbocycles. The van der Waals surface area contributed by atoms with E-state index in [1.807, 2.05) is 18.9 Å². The second kappa shape index (κ2) is 16.6. The number of anilines is 1. The molecule has 10 heteroatoms. The van der Waals surface area contributed by atoms with Crippen molar-refractivity contribution in [2.24, 2.45) is 5.18 Å². The molecule has 10 nitrogen and oxygen atoms in total. The summed E-state index contributed by atoms with van der Waals surface area (Å²) >= 11 is 0. The Balaban J connectivity index is 2.60. The molecule has 0 spiro atoms. The number of unbranched alkanes of at least 4 members (excludes halogenated alkanes) is 1. The zero-order valence-electron chi connectivity index (χ0n) is 19.5. The average molecular weight is 462 g/mol. The van der Waals surface area contributed by atoms with E-state index in [4.69, 9.17) is 0 Å². The van der Waals surface area contributed by atoms with Crippen LogP contribution in [0.5, 0.6) is 0 Å². The molecule has 1 unspecified atom stereocenters. The lowest BCUT2D eigenvalue weighted by Crippen LogP contribution is -2.31. The van der Waals surface area contributed by atoms with Gasteiger partial charge in [0, 0.05) is 42.2 Å². The molecule has 0 bridgehead atoms. The van der Waals surface area contributed by atoms with Gasteiger partial charge in [0.05, 0.1) is 6.54 Å². The molecule has 0 aliphatic carbocycles. The molecule has 3 N–H and O–H groups in total. The number of nitrogens with one attached hydrogen (secondary N) is 3. The number of hydrogen-bond acceptors (Lipinski definition) is 8. The molecule has 1 rings (SSSR count). The van der Waals surface area contributed by atoms with Crippen LogP contribution in [0.1, 0.15) is 61.4 Å². The molecule has 3 amide bonds. The van der Waals surface area contributed by atoms with Crippen LogP contribution in [0, 0.1) is 4.91 Å². The fourth-order valence-electron chi connectivity index (χ4n) is 3.25. The number of benzene rings is 1. The van der Waals surface area contributed by atoms with E-state index < -0.39 is 0 Å². The third-order valence-corrected chi connectivity index (χ3v) is 5.39. The first kappa shape index (κ1) is 28.1. The minimum atomic E-state index is -0.334. The monoisotopic (exact) mass is 461 g/mol. The largest absolute Gasteiger partial charge is 0.326 e. The molecule has 0 saturated heterocycles. The Morgan fingerprint density at radius 2 is 1.85 bits per heavy atom. The zero-order chi connectivity index (χ0) is 24.5. The average Bonchev–Trinajstić information content (AvgIpc) is 2.80. The topological polar surface area (TPSA) is 137 Å². The van der Waals surface area contributed by atoms with Crippen molar-refractivity contribution in [3.05, 3.63) is 34.2 Å². The molecule has 0 heterocycles. The smallest absolute Gasteiger partial charge is 0.226 e. The van der Waals surface area contributed by atoms with Gasteiger partial charge >= 0.3 is 0 Å². The Morgan fingerprint density at radius 3 is 2.55 bits per heavy atom. The summed E-state index contributed by atoms with van der Waals surface area (Å²) in [5.74, 6) is -0.453. The highest BCUT2D eigenvalue weighted by atomic mass is 16.3. The lowest BCUT2D eigenvalue weighted by Gasteiger charge is -2.26. The van der Waals surface area contributed by atoms with Crippen molar-refractivity contribution in [2.45, 2.75) is 58.0 Å². The summed E-state index contributed by atoms with van der Waals surface area (Å²) < 4.78 is 0.